The third-order valence-electron chi connectivity index (χ3n) is 5.62. The van der Waals surface area contributed by atoms with E-state index >= 15 is 0 Å². The van der Waals surface area contributed by atoms with Gasteiger partial charge in [0, 0.05) is 0 Å². The van der Waals surface area contributed by atoms with E-state index < -0.39 is 0 Å². The standard InChI is InChI=1S/C22H28N2O3/c1-16(18-10-9-17-6-2-3-7-19(17)14-18)23-21(25)15-24-11-5-4-8-20(24)22-26-12-13-27-22/h2-3,6-7,9-10,14,16,20,22H,4-5,8,11-13,15H2,1H3,(H,23,25). The number of benzene rings is 2. The van der Waals surface area contributed by atoms with Crippen molar-refractivity contribution in [1.29, 1.82) is 0 Å². The van der Waals surface area contributed by atoms with E-state index in [1.54, 1.807) is 0 Å². The Labute approximate surface area is 160 Å². The van der Waals surface area contributed by atoms with Gasteiger partial charge in [0.15, 0.2) is 6.29 Å². The highest BCUT2D eigenvalue weighted by Gasteiger charge is 2.34. The zero-order chi connectivity index (χ0) is 18.6. The second-order valence-corrected chi connectivity index (χ2v) is 7.54. The summed E-state index contributed by atoms with van der Waals surface area (Å²) in [5, 5.41) is 5.57. The molecule has 2 heterocycles. The predicted molar refractivity (Wildman–Crippen MR) is 105 cm³/mol. The van der Waals surface area contributed by atoms with E-state index in [1.165, 1.54) is 17.2 Å². The van der Waals surface area contributed by atoms with Crippen molar-refractivity contribution in [2.24, 2.45) is 0 Å². The van der Waals surface area contributed by atoms with Gasteiger partial charge in [-0.2, -0.15) is 0 Å². The first kappa shape index (κ1) is 18.4. The molecule has 4 rings (SSSR count). The predicted octanol–water partition coefficient (Wildman–Crippen LogP) is 3.24. The SMILES string of the molecule is CC(NC(=O)CN1CCCCC1C1OCCO1)c1ccc2ccccc2c1. The largest absolute Gasteiger partial charge is 0.349 e. The molecule has 2 aromatic carbocycles. The van der Waals surface area contributed by atoms with Gasteiger partial charge in [-0.3, -0.25) is 9.69 Å². The zero-order valence-electron chi connectivity index (χ0n) is 15.9. The maximum absolute atomic E-state index is 12.7. The van der Waals surface area contributed by atoms with E-state index in [4.69, 9.17) is 9.47 Å². The maximum Gasteiger partial charge on any atom is 0.234 e. The van der Waals surface area contributed by atoms with Gasteiger partial charge in [0.2, 0.25) is 5.91 Å². The molecule has 2 aliphatic rings. The minimum atomic E-state index is -0.184. The number of likely N-dealkylation sites (tertiary alicyclic amines) is 1. The van der Waals surface area contributed by atoms with Crippen LogP contribution in [-0.4, -0.2) is 49.4 Å². The Hall–Kier alpha value is -1.95. The number of hydrogen-bond acceptors (Lipinski definition) is 4. The van der Waals surface area contributed by atoms with Gasteiger partial charge in [-0.25, -0.2) is 0 Å². The molecule has 0 aliphatic carbocycles. The summed E-state index contributed by atoms with van der Waals surface area (Å²) < 4.78 is 11.4. The Kier molecular flexibility index (Phi) is 5.72. The first-order valence-electron chi connectivity index (χ1n) is 9.96. The minimum absolute atomic E-state index is 0.0238. The van der Waals surface area contributed by atoms with Crippen molar-refractivity contribution in [3.8, 4) is 0 Å². The summed E-state index contributed by atoms with van der Waals surface area (Å²) in [6.45, 7) is 4.66. The van der Waals surface area contributed by atoms with Crippen molar-refractivity contribution in [3.63, 3.8) is 0 Å². The van der Waals surface area contributed by atoms with Gasteiger partial charge in [-0.15, -0.1) is 0 Å². The van der Waals surface area contributed by atoms with Crippen LogP contribution < -0.4 is 5.32 Å². The number of rotatable bonds is 5. The minimum Gasteiger partial charge on any atom is -0.349 e. The Morgan fingerprint density at radius 2 is 1.93 bits per heavy atom. The van der Waals surface area contributed by atoms with Gasteiger partial charge in [-0.1, -0.05) is 42.8 Å². The van der Waals surface area contributed by atoms with Crippen molar-refractivity contribution >= 4 is 16.7 Å². The molecule has 0 spiro atoms. The second-order valence-electron chi connectivity index (χ2n) is 7.54. The van der Waals surface area contributed by atoms with E-state index in [0.717, 1.165) is 24.9 Å². The Bertz CT molecular complexity index is 788. The van der Waals surface area contributed by atoms with Crippen LogP contribution in [0.25, 0.3) is 10.8 Å². The van der Waals surface area contributed by atoms with Crippen LogP contribution in [0.4, 0.5) is 0 Å². The number of ether oxygens (including phenoxy) is 2. The van der Waals surface area contributed by atoms with E-state index in [-0.39, 0.29) is 24.3 Å². The molecule has 2 saturated heterocycles. The smallest absolute Gasteiger partial charge is 0.234 e. The molecule has 5 nitrogen and oxygen atoms in total. The number of fused-ring (bicyclic) bond motifs is 1. The van der Waals surface area contributed by atoms with Crippen LogP contribution in [0.3, 0.4) is 0 Å². The van der Waals surface area contributed by atoms with Gasteiger partial charge >= 0.3 is 0 Å². The fraction of sp³-hybridized carbons (Fsp3) is 0.500. The highest BCUT2D eigenvalue weighted by atomic mass is 16.7. The topological polar surface area (TPSA) is 50.8 Å². The molecule has 0 saturated carbocycles. The summed E-state index contributed by atoms with van der Waals surface area (Å²) in [7, 11) is 0. The van der Waals surface area contributed by atoms with E-state index in [1.807, 2.05) is 19.1 Å². The van der Waals surface area contributed by atoms with Crippen LogP contribution in [0, 0.1) is 0 Å². The molecule has 1 amide bonds. The van der Waals surface area contributed by atoms with Crippen LogP contribution >= 0.6 is 0 Å². The average molecular weight is 368 g/mol. The van der Waals surface area contributed by atoms with Gasteiger partial charge in [0.05, 0.1) is 31.8 Å². The molecule has 0 radical (unpaired) electrons. The highest BCUT2D eigenvalue weighted by Crippen LogP contribution is 2.24. The molecule has 144 valence electrons. The molecule has 2 atom stereocenters. The number of amides is 1. The third-order valence-corrected chi connectivity index (χ3v) is 5.62. The molecule has 5 heteroatoms. The number of carbonyl (C=O) groups is 1. The fourth-order valence-corrected chi connectivity index (χ4v) is 4.15. The van der Waals surface area contributed by atoms with Crippen LogP contribution in [0.15, 0.2) is 42.5 Å². The molecule has 0 aromatic heterocycles. The number of hydrogen-bond donors (Lipinski definition) is 1. The molecule has 2 aromatic rings. The summed E-state index contributed by atoms with van der Waals surface area (Å²) in [4.78, 5) is 14.9. The van der Waals surface area contributed by atoms with E-state index in [9.17, 15) is 4.79 Å². The summed E-state index contributed by atoms with van der Waals surface area (Å²) in [6, 6.07) is 14.8. The van der Waals surface area contributed by atoms with Crippen LogP contribution in [0.5, 0.6) is 0 Å². The Balaban J connectivity index is 1.38. The van der Waals surface area contributed by atoms with Gasteiger partial charge in [0.1, 0.15) is 0 Å². The molecular weight excluding hydrogens is 340 g/mol. The quantitative estimate of drug-likeness (QED) is 0.880. The molecule has 2 unspecified atom stereocenters. The number of nitrogens with one attached hydrogen (secondary N) is 1. The normalized spacial score (nSPS) is 22.8. The van der Waals surface area contributed by atoms with Gasteiger partial charge in [0.25, 0.3) is 0 Å². The molecular formula is C22H28N2O3. The molecule has 1 N–H and O–H groups in total. The summed E-state index contributed by atoms with van der Waals surface area (Å²) >= 11 is 0. The molecule has 0 bridgehead atoms. The monoisotopic (exact) mass is 368 g/mol. The highest BCUT2D eigenvalue weighted by molar-refractivity contribution is 5.83. The lowest BCUT2D eigenvalue weighted by Crippen LogP contribution is -2.51. The number of nitrogens with zero attached hydrogens (tertiary/aromatic N) is 1. The zero-order valence-corrected chi connectivity index (χ0v) is 15.9. The Morgan fingerprint density at radius 3 is 2.74 bits per heavy atom. The fourth-order valence-electron chi connectivity index (χ4n) is 4.15. The summed E-state index contributed by atoms with van der Waals surface area (Å²) in [5.74, 6) is 0.0561. The van der Waals surface area contributed by atoms with Crippen molar-refractivity contribution in [3.05, 3.63) is 48.0 Å². The molecule has 2 fully saturated rings. The van der Waals surface area contributed by atoms with E-state index in [0.29, 0.717) is 19.8 Å². The Morgan fingerprint density at radius 1 is 1.15 bits per heavy atom. The third kappa shape index (κ3) is 4.32. The van der Waals surface area contributed by atoms with Gasteiger partial charge < -0.3 is 14.8 Å². The van der Waals surface area contributed by atoms with Crippen molar-refractivity contribution < 1.29 is 14.3 Å². The van der Waals surface area contributed by atoms with E-state index in [2.05, 4.69) is 40.5 Å². The van der Waals surface area contributed by atoms with Crippen molar-refractivity contribution in [2.75, 3.05) is 26.3 Å². The lowest BCUT2D eigenvalue weighted by atomic mass is 10.0. The lowest BCUT2D eigenvalue weighted by molar-refractivity contribution is -0.131. The number of piperidine rings is 1. The maximum atomic E-state index is 12.7. The first-order valence-corrected chi connectivity index (χ1v) is 9.96. The van der Waals surface area contributed by atoms with Crippen LogP contribution in [0.2, 0.25) is 0 Å². The van der Waals surface area contributed by atoms with Crippen LogP contribution in [-0.2, 0) is 14.3 Å². The number of carbonyl (C=O) groups excluding carboxylic acids is 1. The molecule has 27 heavy (non-hydrogen) atoms. The van der Waals surface area contributed by atoms with Crippen LogP contribution in [0.1, 0.15) is 37.8 Å². The summed E-state index contributed by atoms with van der Waals surface area (Å²) in [5.41, 5.74) is 1.12. The molecule has 2 aliphatic heterocycles. The van der Waals surface area contributed by atoms with Crippen molar-refractivity contribution in [1.82, 2.24) is 10.2 Å². The van der Waals surface area contributed by atoms with Gasteiger partial charge in [-0.05, 0) is 48.7 Å². The second kappa shape index (κ2) is 8.38. The first-order chi connectivity index (χ1) is 13.2. The lowest BCUT2D eigenvalue weighted by Gasteiger charge is -2.37. The van der Waals surface area contributed by atoms with Crippen molar-refractivity contribution in [2.45, 2.75) is 44.6 Å². The summed E-state index contributed by atoms with van der Waals surface area (Å²) in [6.07, 6.45) is 3.13. The average Bonchev–Trinajstić information content (AvgIpc) is 3.22.